The van der Waals surface area contributed by atoms with Crippen LogP contribution < -0.4 is 21.5 Å². The average Bonchev–Trinajstić information content (AvgIpc) is 2.37. The van der Waals surface area contributed by atoms with E-state index < -0.39 is 0 Å². The number of fused-ring (bicyclic) bond motifs is 1. The summed E-state index contributed by atoms with van der Waals surface area (Å²) in [5, 5.41) is 5.75. The summed E-state index contributed by atoms with van der Waals surface area (Å²) in [6.07, 6.45) is 8.47. The van der Waals surface area contributed by atoms with E-state index in [4.69, 9.17) is 5.73 Å². The van der Waals surface area contributed by atoms with Crippen molar-refractivity contribution in [3.8, 4) is 0 Å². The molecule has 0 radical (unpaired) electrons. The van der Waals surface area contributed by atoms with Gasteiger partial charge in [-0.2, -0.15) is 0 Å². The highest BCUT2D eigenvalue weighted by molar-refractivity contribution is 5.75. The molecule has 0 aromatic heterocycles. The second kappa shape index (κ2) is 4.26. The van der Waals surface area contributed by atoms with Crippen LogP contribution >= 0.6 is 0 Å². The van der Waals surface area contributed by atoms with Gasteiger partial charge in [0.05, 0.1) is 6.54 Å². The first kappa shape index (κ1) is 11.0. The number of nitrogens with zero attached hydrogens (tertiary/aromatic N) is 1. The van der Waals surface area contributed by atoms with Gasteiger partial charge in [-0.3, -0.25) is 0 Å². The Morgan fingerprint density at radius 1 is 1.28 bits per heavy atom. The molecule has 1 aromatic carbocycles. The molecule has 0 amide bonds. The Bertz CT molecular complexity index is 653. The topological polar surface area (TPSA) is 41.3 Å². The number of allylic oxidation sites excluding steroid dienone is 2. The van der Waals surface area contributed by atoms with Crippen LogP contribution in [0.5, 0.6) is 0 Å². The van der Waals surface area contributed by atoms with Crippen LogP contribution in [-0.2, 0) is 0 Å². The first-order valence-electron chi connectivity index (χ1n) is 6.15. The molecule has 92 valence electrons. The summed E-state index contributed by atoms with van der Waals surface area (Å²) in [6, 6.07) is 6.51. The normalized spacial score (nSPS) is 17.7. The molecular weight excluding hydrogens is 222 g/mol. The van der Waals surface area contributed by atoms with E-state index in [2.05, 4.69) is 53.0 Å². The molecule has 2 aliphatic rings. The molecule has 0 atom stereocenters. The van der Waals surface area contributed by atoms with Gasteiger partial charge >= 0.3 is 0 Å². The molecule has 2 aliphatic heterocycles. The molecule has 0 unspecified atom stereocenters. The van der Waals surface area contributed by atoms with Crippen molar-refractivity contribution in [3.05, 3.63) is 52.2 Å². The molecule has 0 bridgehead atoms. The van der Waals surface area contributed by atoms with E-state index >= 15 is 0 Å². The molecular formula is C15H17N3. The molecule has 3 nitrogen and oxygen atoms in total. The van der Waals surface area contributed by atoms with Gasteiger partial charge < -0.3 is 16.0 Å². The standard InChI is InChI=1S/C15H17N3/c1-18-9-14(7-15(16)10-18)11-2-3-13-8-17-5-4-12(13)6-11/h2-4,6-9,17H,5,10,16H2,1H3. The molecule has 3 heteroatoms. The second-order valence-corrected chi connectivity index (χ2v) is 4.82. The lowest BCUT2D eigenvalue weighted by Gasteiger charge is -2.21. The molecule has 2 heterocycles. The van der Waals surface area contributed by atoms with Gasteiger partial charge in [0.25, 0.3) is 0 Å². The third kappa shape index (κ3) is 1.99. The van der Waals surface area contributed by atoms with Crippen LogP contribution in [0.25, 0.3) is 17.8 Å². The first-order valence-corrected chi connectivity index (χ1v) is 6.15. The van der Waals surface area contributed by atoms with Gasteiger partial charge in [0.1, 0.15) is 0 Å². The van der Waals surface area contributed by atoms with Gasteiger partial charge in [0, 0.05) is 31.7 Å². The highest BCUT2D eigenvalue weighted by Gasteiger charge is 2.08. The van der Waals surface area contributed by atoms with Gasteiger partial charge in [0.15, 0.2) is 0 Å². The SMILES string of the molecule is CN1C=C(c2ccc3c(c2)=CCNC=3)C=C(N)C1. The Balaban J connectivity index is 2.09. The van der Waals surface area contributed by atoms with E-state index in [9.17, 15) is 0 Å². The van der Waals surface area contributed by atoms with Gasteiger partial charge in [-0.05, 0) is 33.7 Å². The predicted molar refractivity (Wildman–Crippen MR) is 75.5 cm³/mol. The average molecular weight is 239 g/mol. The predicted octanol–water partition coefficient (Wildman–Crippen LogP) is -0.0628. The minimum atomic E-state index is 0.804. The summed E-state index contributed by atoms with van der Waals surface area (Å²) >= 11 is 0. The quantitative estimate of drug-likeness (QED) is 0.721. The van der Waals surface area contributed by atoms with Crippen molar-refractivity contribution in [1.82, 2.24) is 10.2 Å². The lowest BCUT2D eigenvalue weighted by atomic mass is 10.0. The zero-order chi connectivity index (χ0) is 12.5. The van der Waals surface area contributed by atoms with Gasteiger partial charge in [-0.25, -0.2) is 0 Å². The molecule has 3 rings (SSSR count). The second-order valence-electron chi connectivity index (χ2n) is 4.82. The van der Waals surface area contributed by atoms with Crippen LogP contribution in [0.2, 0.25) is 0 Å². The maximum Gasteiger partial charge on any atom is 0.0566 e. The molecule has 0 fully saturated rings. The molecule has 1 aromatic rings. The van der Waals surface area contributed by atoms with Gasteiger partial charge in [-0.15, -0.1) is 0 Å². The number of likely N-dealkylation sites (N-methyl/N-ethyl adjacent to an activating group) is 1. The van der Waals surface area contributed by atoms with Crippen LogP contribution in [0.3, 0.4) is 0 Å². The van der Waals surface area contributed by atoms with Gasteiger partial charge in [-0.1, -0.05) is 18.2 Å². The van der Waals surface area contributed by atoms with E-state index in [0.29, 0.717) is 0 Å². The Hall–Kier alpha value is -2.16. The van der Waals surface area contributed by atoms with E-state index in [1.165, 1.54) is 21.6 Å². The molecule has 3 N–H and O–H groups in total. The van der Waals surface area contributed by atoms with E-state index in [1.54, 1.807) is 0 Å². The number of benzene rings is 1. The van der Waals surface area contributed by atoms with Crippen LogP contribution in [0.15, 0.2) is 36.2 Å². The van der Waals surface area contributed by atoms with Gasteiger partial charge in [0.2, 0.25) is 0 Å². The van der Waals surface area contributed by atoms with Crippen LogP contribution in [0.4, 0.5) is 0 Å². The van der Waals surface area contributed by atoms with Crippen molar-refractivity contribution >= 4 is 17.8 Å². The van der Waals surface area contributed by atoms with Crippen molar-refractivity contribution in [3.63, 3.8) is 0 Å². The summed E-state index contributed by atoms with van der Waals surface area (Å²) < 4.78 is 0. The Labute approximate surface area is 107 Å². The van der Waals surface area contributed by atoms with Crippen LogP contribution in [-0.4, -0.2) is 25.0 Å². The lowest BCUT2D eigenvalue weighted by Crippen LogP contribution is -2.33. The summed E-state index contributed by atoms with van der Waals surface area (Å²) in [5.74, 6) is 0. The molecule has 0 aliphatic carbocycles. The highest BCUT2D eigenvalue weighted by atomic mass is 15.1. The van der Waals surface area contributed by atoms with E-state index in [-0.39, 0.29) is 0 Å². The Kier molecular flexibility index (Phi) is 2.59. The number of rotatable bonds is 1. The zero-order valence-electron chi connectivity index (χ0n) is 10.5. The highest BCUT2D eigenvalue weighted by Crippen LogP contribution is 2.19. The molecule has 18 heavy (non-hydrogen) atoms. The third-order valence-electron chi connectivity index (χ3n) is 3.25. The van der Waals surface area contributed by atoms with E-state index in [1.807, 2.05) is 7.05 Å². The minimum Gasteiger partial charge on any atom is -0.401 e. The number of hydrogen-bond acceptors (Lipinski definition) is 3. The van der Waals surface area contributed by atoms with Crippen molar-refractivity contribution < 1.29 is 0 Å². The number of hydrogen-bond donors (Lipinski definition) is 2. The minimum absolute atomic E-state index is 0.804. The zero-order valence-corrected chi connectivity index (χ0v) is 10.5. The fourth-order valence-corrected chi connectivity index (χ4v) is 2.41. The maximum absolute atomic E-state index is 5.95. The first-order chi connectivity index (χ1) is 8.72. The number of nitrogens with one attached hydrogen (secondary N) is 1. The lowest BCUT2D eigenvalue weighted by molar-refractivity contribution is 0.491. The Morgan fingerprint density at radius 3 is 3.00 bits per heavy atom. The smallest absolute Gasteiger partial charge is 0.0566 e. The summed E-state index contributed by atoms with van der Waals surface area (Å²) in [5.41, 5.74) is 9.25. The van der Waals surface area contributed by atoms with Crippen LogP contribution in [0, 0.1) is 0 Å². The summed E-state index contributed by atoms with van der Waals surface area (Å²) in [7, 11) is 2.04. The Morgan fingerprint density at radius 2 is 2.17 bits per heavy atom. The maximum atomic E-state index is 5.95. The van der Waals surface area contributed by atoms with Crippen molar-refractivity contribution in [1.29, 1.82) is 0 Å². The number of nitrogens with two attached hydrogens (primary N) is 1. The monoisotopic (exact) mass is 239 g/mol. The largest absolute Gasteiger partial charge is 0.401 e. The molecule has 0 spiro atoms. The van der Waals surface area contributed by atoms with Crippen molar-refractivity contribution in [2.45, 2.75) is 0 Å². The fraction of sp³-hybridized carbons (Fsp3) is 0.200. The van der Waals surface area contributed by atoms with E-state index in [0.717, 1.165) is 18.8 Å². The van der Waals surface area contributed by atoms with Crippen molar-refractivity contribution in [2.24, 2.45) is 5.73 Å². The summed E-state index contributed by atoms with van der Waals surface area (Å²) in [4.78, 5) is 2.11. The summed E-state index contributed by atoms with van der Waals surface area (Å²) in [6.45, 7) is 1.70. The van der Waals surface area contributed by atoms with Crippen LogP contribution in [0.1, 0.15) is 5.56 Å². The third-order valence-corrected chi connectivity index (χ3v) is 3.25. The molecule has 0 saturated heterocycles. The fourth-order valence-electron chi connectivity index (χ4n) is 2.41. The molecule has 0 saturated carbocycles. The van der Waals surface area contributed by atoms with Crippen molar-refractivity contribution in [2.75, 3.05) is 20.1 Å².